The molecule has 2 rings (SSSR count). The van der Waals surface area contributed by atoms with Crippen molar-refractivity contribution in [3.63, 3.8) is 0 Å². The van der Waals surface area contributed by atoms with E-state index in [4.69, 9.17) is 21.1 Å². The number of benzene rings is 1. The first-order valence-electron chi connectivity index (χ1n) is 5.59. The predicted molar refractivity (Wildman–Crippen MR) is 72.3 cm³/mol. The third kappa shape index (κ3) is 2.69. The number of nitrogens with zero attached hydrogens (tertiary/aromatic N) is 2. The van der Waals surface area contributed by atoms with E-state index in [1.807, 2.05) is 26.0 Å². The van der Waals surface area contributed by atoms with Crippen LogP contribution in [0.1, 0.15) is 13.8 Å². The van der Waals surface area contributed by atoms with Crippen LogP contribution >= 0.6 is 11.6 Å². The average molecular weight is 331 g/mol. The van der Waals surface area contributed by atoms with Crippen LogP contribution in [0.4, 0.5) is 0 Å². The van der Waals surface area contributed by atoms with E-state index in [-0.39, 0.29) is 5.28 Å². The molecular weight excluding hydrogens is 319 g/mol. The first-order valence-corrected chi connectivity index (χ1v) is 6.83. The Morgan fingerprint density at radius 1 is 1.11 bits per heavy atom. The van der Waals surface area contributed by atoms with Crippen LogP contribution in [-0.2, 0) is 0 Å². The van der Waals surface area contributed by atoms with Crippen LogP contribution in [-0.4, -0.2) is 39.2 Å². The SMILES string of the molecule is CCOc1cc2nc(Cl)nc([Se])c2cc1OCC. The fraction of sp³-hybridized carbons (Fsp3) is 0.333. The molecule has 0 amide bonds. The predicted octanol–water partition coefficient (Wildman–Crippen LogP) is 1.87. The molecule has 0 saturated heterocycles. The van der Waals surface area contributed by atoms with Crippen molar-refractivity contribution in [3.8, 4) is 11.5 Å². The normalized spacial score (nSPS) is 10.6. The summed E-state index contributed by atoms with van der Waals surface area (Å²) in [5, 5.41) is 1.08. The molecule has 1 heterocycles. The number of rotatable bonds is 4. The maximum absolute atomic E-state index is 5.84. The number of fused-ring (bicyclic) bond motifs is 1. The second kappa shape index (κ2) is 5.74. The van der Waals surface area contributed by atoms with Gasteiger partial charge in [-0.25, -0.2) is 0 Å². The minimum absolute atomic E-state index is 0.211. The van der Waals surface area contributed by atoms with Crippen molar-refractivity contribution in [1.29, 1.82) is 0 Å². The topological polar surface area (TPSA) is 44.2 Å². The summed E-state index contributed by atoms with van der Waals surface area (Å²) in [6.45, 7) is 4.99. The molecule has 0 unspecified atom stereocenters. The summed E-state index contributed by atoms with van der Waals surface area (Å²) in [5.74, 6) is 1.36. The van der Waals surface area contributed by atoms with Crippen LogP contribution in [0.5, 0.6) is 11.5 Å². The molecule has 0 aliphatic carbocycles. The summed E-state index contributed by atoms with van der Waals surface area (Å²) < 4.78 is 11.8. The summed E-state index contributed by atoms with van der Waals surface area (Å²) >= 11 is 8.71. The Hall–Kier alpha value is -1.03. The fourth-order valence-corrected chi connectivity index (χ4v) is 2.43. The van der Waals surface area contributed by atoms with Gasteiger partial charge in [0.2, 0.25) is 0 Å². The van der Waals surface area contributed by atoms with Gasteiger partial charge in [-0.3, -0.25) is 0 Å². The molecule has 0 aliphatic rings. The summed E-state index contributed by atoms with van der Waals surface area (Å²) in [6, 6.07) is 3.68. The summed E-state index contributed by atoms with van der Waals surface area (Å²) in [7, 11) is 0. The molecule has 0 aliphatic heterocycles. The molecule has 18 heavy (non-hydrogen) atoms. The van der Waals surface area contributed by atoms with E-state index in [9.17, 15) is 0 Å². The molecule has 95 valence electrons. The quantitative estimate of drug-likeness (QED) is 0.634. The zero-order valence-corrected chi connectivity index (χ0v) is 12.5. The molecule has 2 aromatic rings. The Kier molecular flexibility index (Phi) is 4.27. The molecule has 0 fully saturated rings. The van der Waals surface area contributed by atoms with E-state index >= 15 is 0 Å². The molecule has 0 bridgehead atoms. The Morgan fingerprint density at radius 3 is 2.33 bits per heavy atom. The van der Waals surface area contributed by atoms with Crippen molar-refractivity contribution >= 4 is 43.1 Å². The van der Waals surface area contributed by atoms with E-state index in [0.29, 0.717) is 29.3 Å². The van der Waals surface area contributed by atoms with Crippen molar-refractivity contribution < 1.29 is 9.47 Å². The second-order valence-electron chi connectivity index (χ2n) is 3.48. The van der Waals surface area contributed by atoms with Gasteiger partial charge in [-0.05, 0) is 0 Å². The standard InChI is InChI=1S/C12H12ClN2O2Se/c1-3-16-9-5-7-8(6-10(9)17-4-2)14-12(13)15-11(7)18/h5-6H,3-4H2,1-2H3. The van der Waals surface area contributed by atoms with Gasteiger partial charge in [0, 0.05) is 0 Å². The number of halogens is 1. The number of hydrogen-bond acceptors (Lipinski definition) is 4. The van der Waals surface area contributed by atoms with E-state index < -0.39 is 0 Å². The van der Waals surface area contributed by atoms with Crippen LogP contribution in [0.2, 0.25) is 5.28 Å². The molecular formula is C12H12ClN2O2Se. The van der Waals surface area contributed by atoms with Crippen molar-refractivity contribution in [2.45, 2.75) is 13.8 Å². The van der Waals surface area contributed by atoms with Crippen LogP contribution < -0.4 is 14.1 Å². The molecule has 0 saturated carbocycles. The molecule has 1 aromatic heterocycles. The first-order chi connectivity index (χ1) is 8.65. The van der Waals surface area contributed by atoms with E-state index in [0.717, 1.165) is 10.9 Å². The zero-order valence-electron chi connectivity index (χ0n) is 10.1. The molecule has 1 radical (unpaired) electrons. The third-order valence-corrected chi connectivity index (χ3v) is 3.12. The van der Waals surface area contributed by atoms with Crippen LogP contribution in [0, 0.1) is 0 Å². The van der Waals surface area contributed by atoms with Crippen LogP contribution in [0.3, 0.4) is 0 Å². The number of hydrogen-bond donors (Lipinski definition) is 0. The van der Waals surface area contributed by atoms with Gasteiger partial charge in [-0.15, -0.1) is 0 Å². The fourth-order valence-electron chi connectivity index (χ4n) is 1.62. The summed E-state index contributed by atoms with van der Waals surface area (Å²) in [6.07, 6.45) is 0. The Balaban J connectivity index is 2.63. The van der Waals surface area contributed by atoms with Gasteiger partial charge in [0.05, 0.1) is 0 Å². The summed E-state index contributed by atoms with van der Waals surface area (Å²) in [4.78, 5) is 8.26. The van der Waals surface area contributed by atoms with Crippen LogP contribution in [0.25, 0.3) is 10.9 Å². The molecule has 6 heteroatoms. The summed E-state index contributed by atoms with van der Waals surface area (Å²) in [5.41, 5.74) is 0.732. The van der Waals surface area contributed by atoms with Gasteiger partial charge < -0.3 is 0 Å². The Bertz CT molecular complexity index is 577. The first kappa shape index (κ1) is 13.4. The van der Waals surface area contributed by atoms with Gasteiger partial charge in [0.1, 0.15) is 0 Å². The van der Waals surface area contributed by atoms with Crippen molar-refractivity contribution in [1.82, 2.24) is 9.97 Å². The van der Waals surface area contributed by atoms with Crippen molar-refractivity contribution in [2.75, 3.05) is 13.2 Å². The average Bonchev–Trinajstić information content (AvgIpc) is 2.31. The maximum atomic E-state index is 5.84. The minimum atomic E-state index is 0.211. The van der Waals surface area contributed by atoms with Gasteiger partial charge in [-0.1, -0.05) is 0 Å². The molecule has 4 nitrogen and oxygen atoms in total. The van der Waals surface area contributed by atoms with Gasteiger partial charge in [-0.2, -0.15) is 0 Å². The van der Waals surface area contributed by atoms with Crippen molar-refractivity contribution in [3.05, 3.63) is 17.4 Å². The third-order valence-electron chi connectivity index (χ3n) is 2.30. The van der Waals surface area contributed by atoms with E-state index in [1.54, 1.807) is 0 Å². The van der Waals surface area contributed by atoms with E-state index in [1.165, 1.54) is 0 Å². The zero-order chi connectivity index (χ0) is 13.1. The molecule has 0 N–H and O–H groups in total. The van der Waals surface area contributed by atoms with Crippen molar-refractivity contribution in [2.24, 2.45) is 0 Å². The van der Waals surface area contributed by atoms with Gasteiger partial charge in [0.25, 0.3) is 0 Å². The molecule has 1 aromatic carbocycles. The van der Waals surface area contributed by atoms with E-state index in [2.05, 4.69) is 26.0 Å². The van der Waals surface area contributed by atoms with Gasteiger partial charge >= 0.3 is 119 Å². The molecule has 0 atom stereocenters. The monoisotopic (exact) mass is 331 g/mol. The second-order valence-corrected chi connectivity index (χ2v) is 4.63. The Morgan fingerprint density at radius 2 is 1.72 bits per heavy atom. The van der Waals surface area contributed by atoms with Gasteiger partial charge in [0.15, 0.2) is 0 Å². The number of aromatic nitrogens is 2. The molecule has 0 spiro atoms. The number of ether oxygens (including phenoxy) is 2. The Labute approximate surface area is 118 Å². The van der Waals surface area contributed by atoms with Crippen LogP contribution in [0.15, 0.2) is 12.1 Å².